The van der Waals surface area contributed by atoms with E-state index in [0.29, 0.717) is 0 Å². The third-order valence-corrected chi connectivity index (χ3v) is 2.18. The molecule has 0 aliphatic carbocycles. The number of tetrazole rings is 1. The average Bonchev–Trinajstić information content (AvgIpc) is 2.94. The second-order valence-corrected chi connectivity index (χ2v) is 3.37. The van der Waals surface area contributed by atoms with E-state index in [1.165, 1.54) is 6.07 Å². The number of amides is 1. The number of aromatic amines is 1. The van der Waals surface area contributed by atoms with Gasteiger partial charge in [0.25, 0.3) is 11.7 Å². The number of ether oxygens (including phenoxy) is 1. The first-order valence-electron chi connectivity index (χ1n) is 5.04. The van der Waals surface area contributed by atoms with Crippen LogP contribution in [0.5, 0.6) is 0 Å². The molecule has 2 aromatic rings. The van der Waals surface area contributed by atoms with Crippen molar-refractivity contribution in [3.8, 4) is 0 Å². The van der Waals surface area contributed by atoms with Crippen LogP contribution in [0.25, 0.3) is 0 Å². The number of carbonyl (C=O) groups excluding carboxylic acids is 2. The van der Waals surface area contributed by atoms with Gasteiger partial charge in [-0.25, -0.2) is 9.18 Å². The number of carbonyl (C=O) groups is 2. The third kappa shape index (κ3) is 2.70. The number of rotatable bonds is 3. The van der Waals surface area contributed by atoms with Gasteiger partial charge < -0.3 is 10.1 Å². The minimum atomic E-state index is -0.775. The largest absolute Gasteiger partial charge is 0.465 e. The number of aromatic nitrogens is 4. The molecule has 19 heavy (non-hydrogen) atoms. The van der Waals surface area contributed by atoms with Crippen molar-refractivity contribution in [2.45, 2.75) is 0 Å². The first-order valence-corrected chi connectivity index (χ1v) is 5.04. The number of H-pyrrole nitrogens is 1. The molecule has 1 aromatic carbocycles. The van der Waals surface area contributed by atoms with Gasteiger partial charge in [0.05, 0.1) is 18.4 Å². The van der Waals surface area contributed by atoms with Crippen LogP contribution < -0.4 is 5.32 Å². The van der Waals surface area contributed by atoms with E-state index < -0.39 is 17.7 Å². The van der Waals surface area contributed by atoms with Crippen molar-refractivity contribution in [1.29, 1.82) is 0 Å². The molecule has 9 heteroatoms. The lowest BCUT2D eigenvalue weighted by Crippen LogP contribution is -2.17. The van der Waals surface area contributed by atoms with Crippen LogP contribution in [0.2, 0.25) is 0 Å². The van der Waals surface area contributed by atoms with Gasteiger partial charge in [-0.2, -0.15) is 5.21 Å². The summed E-state index contributed by atoms with van der Waals surface area (Å²) in [5.74, 6) is -2.30. The van der Waals surface area contributed by atoms with Gasteiger partial charge in [-0.3, -0.25) is 4.79 Å². The fourth-order valence-electron chi connectivity index (χ4n) is 1.34. The van der Waals surface area contributed by atoms with Gasteiger partial charge in [-0.1, -0.05) is 0 Å². The first-order chi connectivity index (χ1) is 9.11. The van der Waals surface area contributed by atoms with E-state index in [4.69, 9.17) is 0 Å². The van der Waals surface area contributed by atoms with Crippen LogP contribution in [0.4, 0.5) is 10.1 Å². The van der Waals surface area contributed by atoms with E-state index in [1.54, 1.807) is 0 Å². The number of benzene rings is 1. The maximum atomic E-state index is 13.1. The summed E-state index contributed by atoms with van der Waals surface area (Å²) < 4.78 is 17.6. The molecule has 0 saturated carbocycles. The molecule has 0 aliphatic rings. The Balaban J connectivity index is 2.29. The zero-order valence-electron chi connectivity index (χ0n) is 9.68. The number of esters is 1. The first kappa shape index (κ1) is 12.6. The summed E-state index contributed by atoms with van der Waals surface area (Å²) in [5.41, 5.74) is -0.0256. The Hall–Kier alpha value is -2.84. The lowest BCUT2D eigenvalue weighted by atomic mass is 10.1. The quantitative estimate of drug-likeness (QED) is 0.776. The smallest absolute Gasteiger partial charge is 0.340 e. The maximum Gasteiger partial charge on any atom is 0.340 e. The fourth-order valence-corrected chi connectivity index (χ4v) is 1.34. The molecule has 0 aliphatic heterocycles. The Morgan fingerprint density at radius 3 is 2.84 bits per heavy atom. The Bertz CT molecular complexity index is 614. The monoisotopic (exact) mass is 265 g/mol. The second-order valence-electron chi connectivity index (χ2n) is 3.37. The van der Waals surface area contributed by atoms with E-state index in [1.807, 2.05) is 0 Å². The lowest BCUT2D eigenvalue weighted by Gasteiger charge is -2.08. The van der Waals surface area contributed by atoms with Crippen LogP contribution in [0.3, 0.4) is 0 Å². The van der Waals surface area contributed by atoms with E-state index in [9.17, 15) is 14.0 Å². The molecule has 2 N–H and O–H groups in total. The molecule has 0 atom stereocenters. The van der Waals surface area contributed by atoms with Crippen molar-refractivity contribution in [2.24, 2.45) is 0 Å². The normalized spacial score (nSPS) is 10.0. The van der Waals surface area contributed by atoms with Gasteiger partial charge in [0.2, 0.25) is 0 Å². The zero-order valence-corrected chi connectivity index (χ0v) is 9.68. The summed E-state index contributed by atoms with van der Waals surface area (Å²) in [5, 5.41) is 14.6. The predicted molar refractivity (Wildman–Crippen MR) is 59.9 cm³/mol. The molecule has 1 heterocycles. The second kappa shape index (κ2) is 5.21. The Morgan fingerprint density at radius 1 is 1.42 bits per heavy atom. The Labute approximate surface area is 106 Å². The van der Waals surface area contributed by atoms with E-state index in [-0.39, 0.29) is 17.1 Å². The number of nitrogens with one attached hydrogen (secondary N) is 2. The molecule has 8 nitrogen and oxygen atoms in total. The molecule has 0 radical (unpaired) electrons. The maximum absolute atomic E-state index is 13.1. The highest BCUT2D eigenvalue weighted by Crippen LogP contribution is 2.18. The number of nitrogens with zero attached hydrogens (tertiary/aromatic N) is 3. The van der Waals surface area contributed by atoms with E-state index >= 15 is 0 Å². The summed E-state index contributed by atoms with van der Waals surface area (Å²) in [6.45, 7) is 0. The zero-order chi connectivity index (χ0) is 13.8. The van der Waals surface area contributed by atoms with E-state index in [2.05, 4.69) is 30.7 Å². The predicted octanol–water partition coefficient (Wildman–Crippen LogP) is 0.378. The summed E-state index contributed by atoms with van der Waals surface area (Å²) in [6.07, 6.45) is 0. The summed E-state index contributed by atoms with van der Waals surface area (Å²) in [6, 6.07) is 3.29. The van der Waals surface area contributed by atoms with Gasteiger partial charge in [0, 0.05) is 0 Å². The van der Waals surface area contributed by atoms with Crippen molar-refractivity contribution >= 4 is 17.6 Å². The van der Waals surface area contributed by atoms with Crippen LogP contribution in [0, 0.1) is 5.82 Å². The van der Waals surface area contributed by atoms with Crippen molar-refractivity contribution in [3.63, 3.8) is 0 Å². The number of hydrogen-bond donors (Lipinski definition) is 2. The highest BCUT2D eigenvalue weighted by atomic mass is 19.1. The number of anilines is 1. The van der Waals surface area contributed by atoms with Crippen LogP contribution >= 0.6 is 0 Å². The van der Waals surface area contributed by atoms with Crippen LogP contribution in [-0.2, 0) is 4.74 Å². The minimum absolute atomic E-state index is 0.0862. The minimum Gasteiger partial charge on any atom is -0.465 e. The van der Waals surface area contributed by atoms with Gasteiger partial charge in [0.1, 0.15) is 5.82 Å². The number of hydrogen-bond acceptors (Lipinski definition) is 6. The Kier molecular flexibility index (Phi) is 3.46. The molecular weight excluding hydrogens is 257 g/mol. The fraction of sp³-hybridized carbons (Fsp3) is 0.100. The molecule has 0 unspecified atom stereocenters. The summed E-state index contributed by atoms with van der Waals surface area (Å²) in [4.78, 5) is 23.1. The summed E-state index contributed by atoms with van der Waals surface area (Å²) >= 11 is 0. The van der Waals surface area contributed by atoms with Crippen molar-refractivity contribution in [2.75, 3.05) is 12.4 Å². The standard InChI is InChI=1S/C10H8FN5O3/c1-19-10(18)6-4-5(11)2-3-7(6)12-9(17)8-13-15-16-14-8/h2-4H,1H3,(H,12,17)(H,13,14,15,16). The number of halogens is 1. The molecule has 98 valence electrons. The molecule has 0 spiro atoms. The van der Waals surface area contributed by atoms with Gasteiger partial charge in [-0.05, 0) is 23.4 Å². The van der Waals surface area contributed by atoms with Crippen LogP contribution in [-0.4, -0.2) is 39.6 Å². The van der Waals surface area contributed by atoms with Crippen LogP contribution in [0.15, 0.2) is 18.2 Å². The molecule has 0 saturated heterocycles. The third-order valence-electron chi connectivity index (χ3n) is 2.18. The van der Waals surface area contributed by atoms with Gasteiger partial charge in [0.15, 0.2) is 0 Å². The molecule has 0 bridgehead atoms. The summed E-state index contributed by atoms with van der Waals surface area (Å²) in [7, 11) is 1.15. The van der Waals surface area contributed by atoms with Crippen molar-refractivity contribution < 1.29 is 18.7 Å². The average molecular weight is 265 g/mol. The number of methoxy groups -OCH3 is 1. The van der Waals surface area contributed by atoms with Gasteiger partial charge in [-0.15, -0.1) is 10.2 Å². The highest BCUT2D eigenvalue weighted by molar-refractivity contribution is 6.06. The van der Waals surface area contributed by atoms with Crippen molar-refractivity contribution in [3.05, 3.63) is 35.4 Å². The van der Waals surface area contributed by atoms with Gasteiger partial charge >= 0.3 is 5.97 Å². The van der Waals surface area contributed by atoms with E-state index in [0.717, 1.165) is 19.2 Å². The Morgan fingerprint density at radius 2 is 2.21 bits per heavy atom. The molecule has 1 amide bonds. The van der Waals surface area contributed by atoms with Crippen molar-refractivity contribution in [1.82, 2.24) is 20.6 Å². The SMILES string of the molecule is COC(=O)c1cc(F)ccc1NC(=O)c1nn[nH]n1. The lowest BCUT2D eigenvalue weighted by molar-refractivity contribution is 0.0601. The molecule has 0 fully saturated rings. The molecular formula is C10H8FN5O3. The van der Waals surface area contributed by atoms with Crippen LogP contribution in [0.1, 0.15) is 21.0 Å². The molecule has 2 rings (SSSR count). The topological polar surface area (TPSA) is 110 Å². The highest BCUT2D eigenvalue weighted by Gasteiger charge is 2.17. The molecule has 1 aromatic heterocycles.